The lowest BCUT2D eigenvalue weighted by Crippen LogP contribution is -2.21. The van der Waals surface area contributed by atoms with Crippen LogP contribution in [-0.2, 0) is 4.65 Å². The fourth-order valence-corrected chi connectivity index (χ4v) is 0.867. The Hall–Kier alpha value is -1.99. The summed E-state index contributed by atoms with van der Waals surface area (Å²) in [7, 11) is -3.01. The largest absolute Gasteiger partial charge is 0.798 e. The second-order valence-corrected chi connectivity index (χ2v) is 2.72. The van der Waals surface area contributed by atoms with E-state index in [-0.39, 0.29) is 0 Å². The van der Waals surface area contributed by atoms with Crippen LogP contribution in [0.1, 0.15) is 12.6 Å². The van der Waals surface area contributed by atoms with Crippen molar-refractivity contribution in [3.63, 3.8) is 0 Å². The molecule has 0 saturated carbocycles. The number of pyridine rings is 1. The summed E-state index contributed by atoms with van der Waals surface area (Å²) in [5, 5.41) is 6.89. The van der Waals surface area contributed by atoms with Crippen LogP contribution >= 0.6 is 0 Å². The summed E-state index contributed by atoms with van der Waals surface area (Å²) in [5.74, 6) is 0. The minimum atomic E-state index is -3.01. The van der Waals surface area contributed by atoms with E-state index >= 15 is 0 Å². The number of hydrogen-bond acceptors (Lipinski definition) is 4. The lowest BCUT2D eigenvalue weighted by Gasteiger charge is -1.98. The molecule has 1 aromatic heterocycles. The number of aromatic nitrogens is 1. The first kappa shape index (κ1) is 12.1. The van der Waals surface area contributed by atoms with Gasteiger partial charge in [-0.1, -0.05) is 11.2 Å². The van der Waals surface area contributed by atoms with Crippen LogP contribution in [0.3, 0.4) is 0 Å². The van der Waals surface area contributed by atoms with Crippen molar-refractivity contribution in [2.75, 3.05) is 0 Å². The lowest BCUT2D eigenvalue weighted by molar-refractivity contribution is 0.413. The summed E-state index contributed by atoms with van der Waals surface area (Å²) in [6.07, 6.45) is 1.58. The van der Waals surface area contributed by atoms with Gasteiger partial charge in [-0.15, -0.1) is 5.10 Å². The number of hydrogen-bond donors (Lipinski definition) is 1. The fourth-order valence-electron chi connectivity index (χ4n) is 0.867. The van der Waals surface area contributed by atoms with Crippen molar-refractivity contribution in [2.24, 2.45) is 15.9 Å². The molecule has 0 bridgehead atoms. The molecule has 0 fully saturated rings. The van der Waals surface area contributed by atoms with Crippen LogP contribution in [0.25, 0.3) is 0 Å². The van der Waals surface area contributed by atoms with Gasteiger partial charge in [-0.3, -0.25) is 4.98 Å². The van der Waals surface area contributed by atoms with Crippen molar-refractivity contribution >= 4 is 19.2 Å². The van der Waals surface area contributed by atoms with E-state index in [4.69, 9.17) is 5.73 Å². The average Bonchev–Trinajstić information content (AvgIpc) is 2.26. The molecule has 1 rings (SSSR count). The van der Waals surface area contributed by atoms with Crippen LogP contribution in [0.4, 0.5) is 8.63 Å². The standard InChI is InChI=1S/C8H9BF2N4O/c1-6(7-4-2-3-5-13-7)14-15-8(12)16-9(10)11/h2-5H,1H3,(H2,12,15)/b14-6+. The maximum absolute atomic E-state index is 11.7. The number of amidine groups is 1. The molecule has 1 heterocycles. The molecule has 0 amide bonds. The maximum Gasteiger partial charge on any atom is 0.798 e. The van der Waals surface area contributed by atoms with Crippen molar-refractivity contribution in [3.05, 3.63) is 30.1 Å². The van der Waals surface area contributed by atoms with E-state index in [0.717, 1.165) is 0 Å². The van der Waals surface area contributed by atoms with Crippen LogP contribution in [0.5, 0.6) is 0 Å². The quantitative estimate of drug-likeness (QED) is 0.362. The molecule has 0 radical (unpaired) electrons. The molecule has 2 N–H and O–H groups in total. The average molecular weight is 226 g/mol. The molecular weight excluding hydrogens is 217 g/mol. The summed E-state index contributed by atoms with van der Waals surface area (Å²) < 4.78 is 27.2. The van der Waals surface area contributed by atoms with Crippen molar-refractivity contribution in [1.29, 1.82) is 0 Å². The maximum atomic E-state index is 11.7. The van der Waals surface area contributed by atoms with E-state index in [9.17, 15) is 8.63 Å². The zero-order valence-corrected chi connectivity index (χ0v) is 8.47. The van der Waals surface area contributed by atoms with Crippen molar-refractivity contribution in [3.8, 4) is 0 Å². The smallest absolute Gasteiger partial charge is 0.477 e. The van der Waals surface area contributed by atoms with Gasteiger partial charge in [-0.05, 0) is 19.1 Å². The third-order valence-electron chi connectivity index (χ3n) is 1.54. The fraction of sp³-hybridized carbons (Fsp3) is 0.125. The lowest BCUT2D eigenvalue weighted by atomic mass is 10.3. The van der Waals surface area contributed by atoms with Crippen LogP contribution in [-0.4, -0.2) is 24.2 Å². The highest BCUT2D eigenvalue weighted by Crippen LogP contribution is 1.97. The predicted molar refractivity (Wildman–Crippen MR) is 57.1 cm³/mol. The van der Waals surface area contributed by atoms with Crippen LogP contribution in [0.2, 0.25) is 0 Å². The molecular formula is C8H9BF2N4O. The Labute approximate surface area is 91.2 Å². The third kappa shape index (κ3) is 4.03. The Morgan fingerprint density at radius 1 is 1.44 bits per heavy atom. The van der Waals surface area contributed by atoms with Crippen molar-refractivity contribution in [1.82, 2.24) is 4.98 Å². The molecule has 0 aliphatic carbocycles. The van der Waals surface area contributed by atoms with Crippen LogP contribution in [0, 0.1) is 0 Å². The zero-order valence-electron chi connectivity index (χ0n) is 8.47. The first-order valence-corrected chi connectivity index (χ1v) is 4.33. The highest BCUT2D eigenvalue weighted by Gasteiger charge is 2.18. The Bertz CT molecular complexity index is 396. The summed E-state index contributed by atoms with van der Waals surface area (Å²) in [4.78, 5) is 3.99. The number of rotatable bonds is 3. The van der Waals surface area contributed by atoms with Gasteiger partial charge in [0, 0.05) is 6.20 Å². The van der Waals surface area contributed by atoms with Gasteiger partial charge >= 0.3 is 7.47 Å². The molecule has 84 valence electrons. The Morgan fingerprint density at radius 2 is 2.19 bits per heavy atom. The normalized spacial score (nSPS) is 12.4. The number of nitrogens with zero attached hydrogens (tertiary/aromatic N) is 3. The monoisotopic (exact) mass is 226 g/mol. The molecule has 0 atom stereocenters. The molecule has 0 unspecified atom stereocenters. The molecule has 16 heavy (non-hydrogen) atoms. The second kappa shape index (κ2) is 5.79. The van der Waals surface area contributed by atoms with Crippen LogP contribution < -0.4 is 5.73 Å². The third-order valence-corrected chi connectivity index (χ3v) is 1.54. The summed E-state index contributed by atoms with van der Waals surface area (Å²) >= 11 is 0. The summed E-state index contributed by atoms with van der Waals surface area (Å²) in [5.41, 5.74) is 6.05. The summed E-state index contributed by atoms with van der Waals surface area (Å²) in [6.45, 7) is 1.63. The van der Waals surface area contributed by atoms with Crippen LogP contribution in [0.15, 0.2) is 34.6 Å². The van der Waals surface area contributed by atoms with Gasteiger partial charge < -0.3 is 10.4 Å². The molecule has 8 heteroatoms. The minimum Gasteiger partial charge on any atom is -0.477 e. The predicted octanol–water partition coefficient (Wildman–Crippen LogP) is 1.06. The topological polar surface area (TPSA) is 72.9 Å². The second-order valence-electron chi connectivity index (χ2n) is 2.72. The first-order chi connectivity index (χ1) is 7.59. The molecule has 0 aliphatic heterocycles. The van der Waals surface area contributed by atoms with E-state index in [1.54, 1.807) is 31.3 Å². The molecule has 0 aromatic carbocycles. The molecule has 0 aliphatic rings. The van der Waals surface area contributed by atoms with Crippen molar-refractivity contribution < 1.29 is 13.3 Å². The Balaban J connectivity index is 2.71. The first-order valence-electron chi connectivity index (χ1n) is 4.33. The van der Waals surface area contributed by atoms with Gasteiger partial charge in [0.25, 0.3) is 6.02 Å². The van der Waals surface area contributed by atoms with E-state index < -0.39 is 13.5 Å². The molecule has 1 aromatic rings. The number of nitrogens with two attached hydrogens (primary N) is 1. The van der Waals surface area contributed by atoms with Crippen molar-refractivity contribution in [2.45, 2.75) is 6.92 Å². The molecule has 0 spiro atoms. The highest BCUT2D eigenvalue weighted by atomic mass is 19.2. The van der Waals surface area contributed by atoms with E-state index in [1.165, 1.54) is 0 Å². The van der Waals surface area contributed by atoms with Gasteiger partial charge in [-0.25, -0.2) is 8.63 Å². The SMILES string of the molecule is C/C(=N\N=C(\N)OB(F)F)c1ccccn1. The van der Waals surface area contributed by atoms with Gasteiger partial charge in [0.2, 0.25) is 0 Å². The molecule has 0 saturated heterocycles. The number of halogens is 2. The molecule has 5 nitrogen and oxygen atoms in total. The summed E-state index contributed by atoms with van der Waals surface area (Å²) in [6, 6.07) is 4.53. The Morgan fingerprint density at radius 3 is 2.75 bits per heavy atom. The minimum absolute atomic E-state index is 0.446. The van der Waals surface area contributed by atoms with E-state index in [0.29, 0.717) is 11.4 Å². The Kier molecular flexibility index (Phi) is 4.37. The highest BCUT2D eigenvalue weighted by molar-refractivity contribution is 6.37. The zero-order chi connectivity index (χ0) is 12.0. The van der Waals surface area contributed by atoms with E-state index in [1.807, 2.05) is 0 Å². The van der Waals surface area contributed by atoms with Gasteiger partial charge in [-0.2, -0.15) is 0 Å². The van der Waals surface area contributed by atoms with Gasteiger partial charge in [0.05, 0.1) is 11.4 Å². The van der Waals surface area contributed by atoms with E-state index in [2.05, 4.69) is 19.8 Å². The van der Waals surface area contributed by atoms with Gasteiger partial charge in [0.15, 0.2) is 0 Å². The van der Waals surface area contributed by atoms with Gasteiger partial charge in [0.1, 0.15) is 0 Å².